The molecule has 2 rings (SSSR count). The lowest BCUT2D eigenvalue weighted by Crippen LogP contribution is -2.49. The normalized spacial score (nSPS) is 16.6. The largest absolute Gasteiger partial charge is 0.395 e. The number of carbonyl (C=O) groups is 1. The molecule has 4 heteroatoms. The minimum absolute atomic E-state index is 0.117. The van der Waals surface area contributed by atoms with E-state index in [4.69, 9.17) is 5.11 Å². The number of amides is 1. The second-order valence-corrected chi connectivity index (χ2v) is 4.91. The van der Waals surface area contributed by atoms with E-state index in [1.54, 1.807) is 0 Å². The van der Waals surface area contributed by atoms with Crippen LogP contribution in [0.25, 0.3) is 0 Å². The summed E-state index contributed by atoms with van der Waals surface area (Å²) in [5.74, 6) is 0.117. The molecule has 1 aliphatic heterocycles. The highest BCUT2D eigenvalue weighted by Crippen LogP contribution is 2.10. The minimum atomic E-state index is 0.117. The van der Waals surface area contributed by atoms with Crippen molar-refractivity contribution >= 4 is 5.91 Å². The molecule has 1 N–H and O–H groups in total. The van der Waals surface area contributed by atoms with Crippen LogP contribution in [0.4, 0.5) is 0 Å². The predicted octanol–water partition coefficient (Wildman–Crippen LogP) is 0.999. The zero-order valence-corrected chi connectivity index (χ0v) is 11.5. The van der Waals surface area contributed by atoms with Crippen molar-refractivity contribution in [3.05, 3.63) is 35.4 Å². The van der Waals surface area contributed by atoms with Gasteiger partial charge in [0.2, 0.25) is 0 Å². The summed E-state index contributed by atoms with van der Waals surface area (Å²) in [7, 11) is 0. The summed E-state index contributed by atoms with van der Waals surface area (Å²) in [5.41, 5.74) is 2.03. The van der Waals surface area contributed by atoms with Crippen LogP contribution in [0.15, 0.2) is 24.3 Å². The first-order valence-corrected chi connectivity index (χ1v) is 6.96. The third-order valence-corrected chi connectivity index (χ3v) is 3.68. The molecule has 0 unspecified atom stereocenters. The fourth-order valence-corrected chi connectivity index (χ4v) is 2.38. The topological polar surface area (TPSA) is 43.8 Å². The van der Waals surface area contributed by atoms with Gasteiger partial charge in [0.05, 0.1) is 6.61 Å². The van der Waals surface area contributed by atoms with Crippen LogP contribution < -0.4 is 0 Å². The van der Waals surface area contributed by atoms with Gasteiger partial charge in [-0.1, -0.05) is 19.1 Å². The molecule has 1 aliphatic rings. The van der Waals surface area contributed by atoms with E-state index in [-0.39, 0.29) is 12.5 Å². The predicted molar refractivity (Wildman–Crippen MR) is 75.2 cm³/mol. The molecule has 0 aliphatic carbocycles. The Labute approximate surface area is 114 Å². The van der Waals surface area contributed by atoms with E-state index in [1.807, 2.05) is 29.2 Å². The molecule has 0 saturated carbocycles. The number of aliphatic hydroxyl groups excluding tert-OH is 1. The minimum Gasteiger partial charge on any atom is -0.395 e. The average molecular weight is 262 g/mol. The fraction of sp³-hybridized carbons (Fsp3) is 0.533. The zero-order valence-electron chi connectivity index (χ0n) is 11.5. The SMILES string of the molecule is CCc1ccc(C(=O)N2CCN(CCO)CC2)cc1. The van der Waals surface area contributed by atoms with Crippen LogP contribution >= 0.6 is 0 Å². The average Bonchev–Trinajstić information content (AvgIpc) is 2.48. The van der Waals surface area contributed by atoms with Crippen LogP contribution in [-0.2, 0) is 6.42 Å². The van der Waals surface area contributed by atoms with E-state index >= 15 is 0 Å². The summed E-state index contributed by atoms with van der Waals surface area (Å²) in [6.45, 7) is 6.18. The second-order valence-electron chi connectivity index (χ2n) is 4.91. The van der Waals surface area contributed by atoms with Gasteiger partial charge in [-0.15, -0.1) is 0 Å². The number of piperazine rings is 1. The van der Waals surface area contributed by atoms with Gasteiger partial charge in [-0.2, -0.15) is 0 Å². The number of β-amino-alcohol motifs (C(OH)–C–C–N with tert-alkyl or cyclic N) is 1. The van der Waals surface area contributed by atoms with Crippen LogP contribution in [0.2, 0.25) is 0 Å². The van der Waals surface area contributed by atoms with Crippen LogP contribution in [0.5, 0.6) is 0 Å². The molecule has 1 aromatic carbocycles. The maximum absolute atomic E-state index is 12.3. The van der Waals surface area contributed by atoms with E-state index < -0.39 is 0 Å². The third-order valence-electron chi connectivity index (χ3n) is 3.68. The summed E-state index contributed by atoms with van der Waals surface area (Å²) in [4.78, 5) is 16.4. The number of aryl methyl sites for hydroxylation is 1. The van der Waals surface area contributed by atoms with Crippen LogP contribution in [0.3, 0.4) is 0 Å². The molecule has 0 spiro atoms. The molecule has 104 valence electrons. The lowest BCUT2D eigenvalue weighted by Gasteiger charge is -2.34. The van der Waals surface area contributed by atoms with Crippen molar-refractivity contribution in [2.24, 2.45) is 0 Å². The summed E-state index contributed by atoms with van der Waals surface area (Å²) >= 11 is 0. The van der Waals surface area contributed by atoms with E-state index in [0.29, 0.717) is 6.54 Å². The Morgan fingerprint density at radius 2 is 1.79 bits per heavy atom. The van der Waals surface area contributed by atoms with Crippen molar-refractivity contribution in [2.45, 2.75) is 13.3 Å². The molecule has 1 fully saturated rings. The number of benzene rings is 1. The van der Waals surface area contributed by atoms with E-state index in [0.717, 1.165) is 38.2 Å². The second kappa shape index (κ2) is 6.68. The molecule has 0 radical (unpaired) electrons. The van der Waals surface area contributed by atoms with Crippen LogP contribution in [0.1, 0.15) is 22.8 Å². The Bertz CT molecular complexity index is 409. The number of hydrogen-bond acceptors (Lipinski definition) is 3. The van der Waals surface area contributed by atoms with Crippen molar-refractivity contribution in [2.75, 3.05) is 39.3 Å². The Kier molecular flexibility index (Phi) is 4.93. The van der Waals surface area contributed by atoms with E-state index in [9.17, 15) is 4.79 Å². The highest BCUT2D eigenvalue weighted by atomic mass is 16.3. The summed E-state index contributed by atoms with van der Waals surface area (Å²) in [6.07, 6.45) is 0.994. The fourth-order valence-electron chi connectivity index (χ4n) is 2.38. The van der Waals surface area contributed by atoms with Crippen molar-refractivity contribution < 1.29 is 9.90 Å². The number of hydrogen-bond donors (Lipinski definition) is 1. The first-order valence-electron chi connectivity index (χ1n) is 6.96. The molecule has 1 saturated heterocycles. The first-order chi connectivity index (χ1) is 9.24. The molecule has 0 aromatic heterocycles. The van der Waals surface area contributed by atoms with E-state index in [2.05, 4.69) is 11.8 Å². The highest BCUT2D eigenvalue weighted by Gasteiger charge is 2.21. The first kappa shape index (κ1) is 14.0. The molecule has 4 nitrogen and oxygen atoms in total. The van der Waals surface area contributed by atoms with Crippen molar-refractivity contribution in [1.29, 1.82) is 0 Å². The van der Waals surface area contributed by atoms with Crippen molar-refractivity contribution in [1.82, 2.24) is 9.80 Å². The number of carbonyl (C=O) groups excluding carboxylic acids is 1. The molecule has 0 bridgehead atoms. The molecule has 1 aromatic rings. The number of nitrogens with zero attached hydrogens (tertiary/aromatic N) is 2. The highest BCUT2D eigenvalue weighted by molar-refractivity contribution is 5.94. The molecule has 1 heterocycles. The quantitative estimate of drug-likeness (QED) is 0.880. The van der Waals surface area contributed by atoms with Crippen LogP contribution in [0, 0.1) is 0 Å². The number of aliphatic hydroxyl groups is 1. The molecular weight excluding hydrogens is 240 g/mol. The molecule has 19 heavy (non-hydrogen) atoms. The van der Waals surface area contributed by atoms with Gasteiger partial charge in [0.25, 0.3) is 5.91 Å². The lowest BCUT2D eigenvalue weighted by molar-refractivity contribution is 0.0615. The standard InChI is InChI=1S/C15H22N2O2/c1-2-13-3-5-14(6-4-13)15(19)17-9-7-16(8-10-17)11-12-18/h3-6,18H,2,7-12H2,1H3. The smallest absolute Gasteiger partial charge is 0.253 e. The Hall–Kier alpha value is -1.39. The third kappa shape index (κ3) is 3.55. The molecular formula is C15H22N2O2. The summed E-state index contributed by atoms with van der Waals surface area (Å²) < 4.78 is 0. The van der Waals surface area contributed by atoms with E-state index in [1.165, 1.54) is 5.56 Å². The van der Waals surface area contributed by atoms with Crippen molar-refractivity contribution in [3.8, 4) is 0 Å². The lowest BCUT2D eigenvalue weighted by atomic mass is 10.1. The Morgan fingerprint density at radius 3 is 2.32 bits per heavy atom. The van der Waals surface area contributed by atoms with Gasteiger partial charge in [-0.3, -0.25) is 9.69 Å². The van der Waals surface area contributed by atoms with Gasteiger partial charge in [0.15, 0.2) is 0 Å². The maximum atomic E-state index is 12.3. The van der Waals surface area contributed by atoms with Gasteiger partial charge in [0.1, 0.15) is 0 Å². The van der Waals surface area contributed by atoms with Crippen LogP contribution in [-0.4, -0.2) is 60.1 Å². The zero-order chi connectivity index (χ0) is 13.7. The van der Waals surface area contributed by atoms with Gasteiger partial charge in [-0.05, 0) is 24.1 Å². The van der Waals surface area contributed by atoms with Crippen molar-refractivity contribution in [3.63, 3.8) is 0 Å². The van der Waals surface area contributed by atoms with Gasteiger partial charge < -0.3 is 10.0 Å². The molecule has 1 amide bonds. The molecule has 0 atom stereocenters. The van der Waals surface area contributed by atoms with Gasteiger partial charge >= 0.3 is 0 Å². The Balaban J connectivity index is 1.93. The monoisotopic (exact) mass is 262 g/mol. The summed E-state index contributed by atoms with van der Waals surface area (Å²) in [5, 5.41) is 8.90. The Morgan fingerprint density at radius 1 is 1.16 bits per heavy atom. The van der Waals surface area contributed by atoms with Gasteiger partial charge in [-0.25, -0.2) is 0 Å². The number of rotatable bonds is 4. The van der Waals surface area contributed by atoms with Gasteiger partial charge in [0, 0.05) is 38.3 Å². The summed E-state index contributed by atoms with van der Waals surface area (Å²) in [6, 6.07) is 7.88. The maximum Gasteiger partial charge on any atom is 0.253 e.